The Hall–Kier alpha value is -1.74. The summed E-state index contributed by atoms with van der Waals surface area (Å²) in [5.74, 6) is 0. The van der Waals surface area contributed by atoms with Crippen molar-refractivity contribution < 1.29 is 13.2 Å². The monoisotopic (exact) mass is 376 g/mol. The van der Waals surface area contributed by atoms with Crippen LogP contribution < -0.4 is 0 Å². The first-order chi connectivity index (χ1) is 12.4. The Morgan fingerprint density at radius 1 is 1.23 bits per heavy atom. The van der Waals surface area contributed by atoms with E-state index in [2.05, 4.69) is 10.00 Å². The fraction of sp³-hybridized carbons (Fsp3) is 0.500. The number of aryl methyl sites for hydroxylation is 2. The van der Waals surface area contributed by atoms with Crippen molar-refractivity contribution >= 4 is 10.0 Å². The summed E-state index contributed by atoms with van der Waals surface area (Å²) in [4.78, 5) is 2.66. The molecule has 0 unspecified atom stereocenters. The van der Waals surface area contributed by atoms with Crippen LogP contribution in [0.3, 0.4) is 0 Å². The van der Waals surface area contributed by atoms with Crippen LogP contribution in [0, 0.1) is 6.92 Å². The molecule has 1 aromatic carbocycles. The highest BCUT2D eigenvalue weighted by Crippen LogP contribution is 2.29. The summed E-state index contributed by atoms with van der Waals surface area (Å²) >= 11 is 0. The lowest BCUT2D eigenvalue weighted by atomic mass is 10.1. The summed E-state index contributed by atoms with van der Waals surface area (Å²) in [5.41, 5.74) is 2.18. The van der Waals surface area contributed by atoms with E-state index < -0.39 is 10.0 Å². The van der Waals surface area contributed by atoms with Crippen molar-refractivity contribution in [3.63, 3.8) is 0 Å². The topological polar surface area (TPSA) is 67.7 Å². The fourth-order valence-corrected chi connectivity index (χ4v) is 5.23. The van der Waals surface area contributed by atoms with Crippen molar-refractivity contribution in [1.82, 2.24) is 19.0 Å². The molecule has 140 valence electrons. The van der Waals surface area contributed by atoms with E-state index in [0.29, 0.717) is 24.6 Å². The molecule has 2 fully saturated rings. The summed E-state index contributed by atoms with van der Waals surface area (Å²) in [6.45, 7) is 5.00. The maximum atomic E-state index is 13.0. The Bertz CT molecular complexity index is 878. The molecular formula is C18H24N4O3S. The normalized spacial score (nSPS) is 24.7. The predicted molar refractivity (Wildman–Crippen MR) is 97.1 cm³/mol. The highest BCUT2D eigenvalue weighted by Gasteiger charge is 2.44. The number of fused-ring (bicyclic) bond motifs is 1. The standard InChI is InChI=1S/C18H24N4O3S/c1-14-3-5-16(6-4-14)26(23,24)22-12-17-18(13-22)25-8-7-21(17)11-15-9-19-20(2)10-15/h3-6,9-10,17-18H,7-8,11-13H2,1-2H3/t17-,18+/m0/s1. The first-order valence-electron chi connectivity index (χ1n) is 8.83. The maximum Gasteiger partial charge on any atom is 0.243 e. The van der Waals surface area contributed by atoms with E-state index in [1.165, 1.54) is 0 Å². The lowest BCUT2D eigenvalue weighted by Gasteiger charge is -2.36. The van der Waals surface area contributed by atoms with Crippen LogP contribution in [0.5, 0.6) is 0 Å². The van der Waals surface area contributed by atoms with Crippen LogP contribution in [0.1, 0.15) is 11.1 Å². The average molecular weight is 376 g/mol. The third kappa shape index (κ3) is 3.29. The Labute approximate surface area is 154 Å². The van der Waals surface area contributed by atoms with Gasteiger partial charge in [-0.1, -0.05) is 17.7 Å². The van der Waals surface area contributed by atoms with Crippen LogP contribution in [0.2, 0.25) is 0 Å². The van der Waals surface area contributed by atoms with Gasteiger partial charge in [-0.2, -0.15) is 9.40 Å². The van der Waals surface area contributed by atoms with Gasteiger partial charge in [0.25, 0.3) is 0 Å². The van der Waals surface area contributed by atoms with Crippen LogP contribution in [0.4, 0.5) is 0 Å². The summed E-state index contributed by atoms with van der Waals surface area (Å²) in [7, 11) is -1.60. The number of morpholine rings is 1. The largest absolute Gasteiger partial charge is 0.374 e. The molecular weight excluding hydrogens is 352 g/mol. The molecule has 0 radical (unpaired) electrons. The summed E-state index contributed by atoms with van der Waals surface area (Å²) < 4.78 is 35.2. The molecule has 1 aromatic heterocycles. The molecule has 0 aliphatic carbocycles. The lowest BCUT2D eigenvalue weighted by molar-refractivity contribution is -0.0502. The van der Waals surface area contributed by atoms with Gasteiger partial charge in [0, 0.05) is 45.0 Å². The summed E-state index contributed by atoms with van der Waals surface area (Å²) in [6.07, 6.45) is 3.78. The highest BCUT2D eigenvalue weighted by molar-refractivity contribution is 7.89. The van der Waals surface area contributed by atoms with Crippen LogP contribution in [-0.4, -0.2) is 65.8 Å². The van der Waals surface area contributed by atoms with Gasteiger partial charge in [-0.15, -0.1) is 0 Å². The van der Waals surface area contributed by atoms with E-state index in [1.807, 2.05) is 38.5 Å². The van der Waals surface area contributed by atoms with E-state index in [-0.39, 0.29) is 12.1 Å². The molecule has 2 aliphatic rings. The molecule has 3 heterocycles. The summed E-state index contributed by atoms with van der Waals surface area (Å²) in [6, 6.07) is 7.11. The van der Waals surface area contributed by atoms with Crippen LogP contribution in [0.25, 0.3) is 0 Å². The van der Waals surface area contributed by atoms with Crippen molar-refractivity contribution in [2.24, 2.45) is 7.05 Å². The Balaban J connectivity index is 1.52. The van der Waals surface area contributed by atoms with Crippen LogP contribution in [0.15, 0.2) is 41.6 Å². The van der Waals surface area contributed by atoms with Gasteiger partial charge in [0.2, 0.25) is 10.0 Å². The molecule has 0 bridgehead atoms. The molecule has 2 saturated heterocycles. The van der Waals surface area contributed by atoms with Gasteiger partial charge >= 0.3 is 0 Å². The minimum Gasteiger partial charge on any atom is -0.374 e. The van der Waals surface area contributed by atoms with E-state index in [1.54, 1.807) is 21.1 Å². The Morgan fingerprint density at radius 3 is 2.69 bits per heavy atom. The molecule has 7 nitrogen and oxygen atoms in total. The van der Waals surface area contributed by atoms with Gasteiger partial charge in [0.05, 0.1) is 29.8 Å². The molecule has 2 aromatic rings. The molecule has 8 heteroatoms. The second-order valence-electron chi connectivity index (χ2n) is 7.10. The number of sulfonamides is 1. The number of ether oxygens (including phenoxy) is 1. The van der Waals surface area contributed by atoms with Crippen molar-refractivity contribution in [3.8, 4) is 0 Å². The zero-order valence-electron chi connectivity index (χ0n) is 15.1. The van der Waals surface area contributed by atoms with Gasteiger partial charge in [-0.25, -0.2) is 8.42 Å². The SMILES string of the molecule is Cc1ccc(S(=O)(=O)N2C[C@H]3OCCN(Cc4cnn(C)c4)[C@H]3C2)cc1. The molecule has 0 N–H and O–H groups in total. The molecule has 0 spiro atoms. The van der Waals surface area contributed by atoms with Gasteiger partial charge in [-0.05, 0) is 19.1 Å². The first-order valence-corrected chi connectivity index (χ1v) is 10.3. The highest BCUT2D eigenvalue weighted by atomic mass is 32.2. The second-order valence-corrected chi connectivity index (χ2v) is 9.04. The van der Waals surface area contributed by atoms with Crippen molar-refractivity contribution in [1.29, 1.82) is 0 Å². The van der Waals surface area contributed by atoms with Gasteiger partial charge in [0.1, 0.15) is 0 Å². The molecule has 26 heavy (non-hydrogen) atoms. The molecule has 0 amide bonds. The Kier molecular flexibility index (Phi) is 4.60. The maximum absolute atomic E-state index is 13.0. The molecule has 2 aliphatic heterocycles. The van der Waals surface area contributed by atoms with Crippen molar-refractivity contribution in [2.45, 2.75) is 30.5 Å². The van der Waals surface area contributed by atoms with Gasteiger partial charge in [-0.3, -0.25) is 9.58 Å². The number of hydrogen-bond acceptors (Lipinski definition) is 5. The average Bonchev–Trinajstić information content (AvgIpc) is 3.22. The van der Waals surface area contributed by atoms with Gasteiger partial charge in [0.15, 0.2) is 0 Å². The predicted octanol–water partition coefficient (Wildman–Crippen LogP) is 1.00. The zero-order chi connectivity index (χ0) is 18.3. The third-order valence-electron chi connectivity index (χ3n) is 5.19. The minimum absolute atomic E-state index is 0.0733. The smallest absolute Gasteiger partial charge is 0.243 e. The van der Waals surface area contributed by atoms with E-state index in [0.717, 1.165) is 24.2 Å². The Morgan fingerprint density at radius 2 is 2.00 bits per heavy atom. The number of benzene rings is 1. The minimum atomic E-state index is -3.50. The summed E-state index contributed by atoms with van der Waals surface area (Å²) in [5, 5.41) is 4.22. The third-order valence-corrected chi connectivity index (χ3v) is 7.03. The van der Waals surface area contributed by atoms with Crippen LogP contribution in [-0.2, 0) is 28.4 Å². The van der Waals surface area contributed by atoms with Gasteiger partial charge < -0.3 is 4.74 Å². The van der Waals surface area contributed by atoms with E-state index in [9.17, 15) is 8.42 Å². The number of rotatable bonds is 4. The number of nitrogens with zero attached hydrogens (tertiary/aromatic N) is 4. The molecule has 2 atom stereocenters. The zero-order valence-corrected chi connectivity index (χ0v) is 15.9. The quantitative estimate of drug-likeness (QED) is 0.797. The van der Waals surface area contributed by atoms with Crippen molar-refractivity contribution in [2.75, 3.05) is 26.2 Å². The fourth-order valence-electron chi connectivity index (χ4n) is 3.76. The lowest BCUT2D eigenvalue weighted by Crippen LogP contribution is -2.50. The van der Waals surface area contributed by atoms with Crippen molar-refractivity contribution in [3.05, 3.63) is 47.8 Å². The second kappa shape index (κ2) is 6.77. The number of hydrogen-bond donors (Lipinski definition) is 0. The first kappa shape index (κ1) is 17.7. The molecule has 0 saturated carbocycles. The van der Waals surface area contributed by atoms with Crippen LogP contribution >= 0.6 is 0 Å². The van der Waals surface area contributed by atoms with E-state index in [4.69, 9.17) is 4.74 Å². The molecule has 4 rings (SSSR count). The number of aromatic nitrogens is 2. The van der Waals surface area contributed by atoms with E-state index >= 15 is 0 Å².